The Kier molecular flexibility index (Phi) is 8.01. The lowest BCUT2D eigenvalue weighted by Gasteiger charge is -2.13. The van der Waals surface area contributed by atoms with Gasteiger partial charge in [-0.15, -0.1) is 11.8 Å². The molecule has 0 aliphatic rings. The van der Waals surface area contributed by atoms with E-state index in [2.05, 4.69) is 5.32 Å². The third-order valence-corrected chi connectivity index (χ3v) is 3.40. The zero-order valence-corrected chi connectivity index (χ0v) is 10.7. The van der Waals surface area contributed by atoms with Crippen LogP contribution in [0, 0.1) is 5.92 Å². The van der Waals surface area contributed by atoms with Crippen molar-refractivity contribution in [3.63, 3.8) is 0 Å². The first-order chi connectivity index (χ1) is 7.49. The molecule has 1 amide bonds. The van der Waals surface area contributed by atoms with Crippen molar-refractivity contribution < 1.29 is 19.4 Å². The molecule has 2 atom stereocenters. The van der Waals surface area contributed by atoms with E-state index in [9.17, 15) is 9.59 Å². The SMILES string of the molecule is COCCNC(=O)C(C)SCC(C)C(=O)O. The van der Waals surface area contributed by atoms with Crippen LogP contribution in [-0.4, -0.2) is 48.2 Å². The Morgan fingerprint density at radius 2 is 2.06 bits per heavy atom. The highest BCUT2D eigenvalue weighted by atomic mass is 32.2. The topological polar surface area (TPSA) is 75.6 Å². The van der Waals surface area contributed by atoms with Crippen LogP contribution in [0.5, 0.6) is 0 Å². The standard InChI is InChI=1S/C10H19NO4S/c1-7(10(13)14)6-16-8(2)9(12)11-4-5-15-3/h7-8H,4-6H2,1-3H3,(H,11,12)(H,13,14). The van der Waals surface area contributed by atoms with Crippen molar-refractivity contribution >= 4 is 23.6 Å². The average molecular weight is 249 g/mol. The second-order valence-corrected chi connectivity index (χ2v) is 4.87. The van der Waals surface area contributed by atoms with Gasteiger partial charge in [0.2, 0.25) is 5.91 Å². The van der Waals surface area contributed by atoms with Gasteiger partial charge in [0, 0.05) is 19.4 Å². The third-order valence-electron chi connectivity index (χ3n) is 1.99. The number of nitrogens with one attached hydrogen (secondary N) is 1. The summed E-state index contributed by atoms with van der Waals surface area (Å²) >= 11 is 1.35. The number of hydrogen-bond donors (Lipinski definition) is 2. The monoisotopic (exact) mass is 249 g/mol. The molecule has 0 aliphatic carbocycles. The summed E-state index contributed by atoms with van der Waals surface area (Å²) in [6.07, 6.45) is 0. The average Bonchev–Trinajstić information content (AvgIpc) is 2.25. The molecule has 0 spiro atoms. The highest BCUT2D eigenvalue weighted by Gasteiger charge is 2.17. The largest absolute Gasteiger partial charge is 0.481 e. The molecule has 0 rings (SSSR count). The third kappa shape index (κ3) is 6.68. The molecule has 0 saturated carbocycles. The predicted molar refractivity (Wildman–Crippen MR) is 63.6 cm³/mol. The number of methoxy groups -OCH3 is 1. The van der Waals surface area contributed by atoms with Crippen LogP contribution >= 0.6 is 11.8 Å². The number of amides is 1. The number of carbonyl (C=O) groups is 2. The highest BCUT2D eigenvalue weighted by molar-refractivity contribution is 8.00. The molecule has 0 aromatic carbocycles. The van der Waals surface area contributed by atoms with Gasteiger partial charge in [-0.25, -0.2) is 0 Å². The van der Waals surface area contributed by atoms with E-state index < -0.39 is 11.9 Å². The van der Waals surface area contributed by atoms with Crippen LogP contribution in [0.25, 0.3) is 0 Å². The van der Waals surface area contributed by atoms with E-state index in [1.807, 2.05) is 0 Å². The molecule has 0 heterocycles. The minimum absolute atomic E-state index is 0.0837. The molecule has 0 fully saturated rings. The molecule has 0 bridgehead atoms. The van der Waals surface area contributed by atoms with Crippen LogP contribution in [0.15, 0.2) is 0 Å². The first-order valence-corrected chi connectivity index (χ1v) is 6.15. The van der Waals surface area contributed by atoms with Crippen LogP contribution in [0.2, 0.25) is 0 Å². The van der Waals surface area contributed by atoms with Crippen molar-refractivity contribution in [2.45, 2.75) is 19.1 Å². The number of ether oxygens (including phenoxy) is 1. The van der Waals surface area contributed by atoms with Gasteiger partial charge in [-0.3, -0.25) is 9.59 Å². The molecule has 0 radical (unpaired) electrons. The Bertz CT molecular complexity index is 235. The molecule has 2 unspecified atom stereocenters. The lowest BCUT2D eigenvalue weighted by molar-refractivity contribution is -0.140. The van der Waals surface area contributed by atoms with Crippen molar-refractivity contribution in [1.82, 2.24) is 5.32 Å². The van der Waals surface area contributed by atoms with Crippen LogP contribution in [0.3, 0.4) is 0 Å². The first-order valence-electron chi connectivity index (χ1n) is 5.10. The summed E-state index contributed by atoms with van der Waals surface area (Å²) in [4.78, 5) is 22.0. The summed E-state index contributed by atoms with van der Waals surface area (Å²) in [5, 5.41) is 11.1. The van der Waals surface area contributed by atoms with Crippen molar-refractivity contribution in [1.29, 1.82) is 0 Å². The summed E-state index contributed by atoms with van der Waals surface area (Å²) in [6, 6.07) is 0. The van der Waals surface area contributed by atoms with E-state index in [1.54, 1.807) is 21.0 Å². The minimum Gasteiger partial charge on any atom is -0.481 e. The number of aliphatic carboxylic acids is 1. The summed E-state index contributed by atoms with van der Waals surface area (Å²) in [6.45, 7) is 4.36. The summed E-state index contributed by atoms with van der Waals surface area (Å²) in [5.74, 6) is -0.910. The van der Waals surface area contributed by atoms with E-state index in [4.69, 9.17) is 9.84 Å². The molecule has 0 aliphatic heterocycles. The number of rotatable bonds is 8. The fourth-order valence-corrected chi connectivity index (χ4v) is 1.81. The smallest absolute Gasteiger partial charge is 0.307 e. The number of carboxylic acid groups (broad SMARTS) is 1. The maximum Gasteiger partial charge on any atom is 0.307 e. The predicted octanol–water partition coefficient (Wildman–Crippen LogP) is 0.591. The maximum absolute atomic E-state index is 11.5. The quantitative estimate of drug-likeness (QED) is 0.616. The van der Waals surface area contributed by atoms with Gasteiger partial charge in [-0.2, -0.15) is 0 Å². The fraction of sp³-hybridized carbons (Fsp3) is 0.800. The number of thioether (sulfide) groups is 1. The molecular weight excluding hydrogens is 230 g/mol. The lowest BCUT2D eigenvalue weighted by Crippen LogP contribution is -2.33. The highest BCUT2D eigenvalue weighted by Crippen LogP contribution is 2.15. The Morgan fingerprint density at radius 3 is 2.56 bits per heavy atom. The van der Waals surface area contributed by atoms with Gasteiger partial charge in [0.05, 0.1) is 17.8 Å². The Morgan fingerprint density at radius 1 is 1.44 bits per heavy atom. The molecule has 0 saturated heterocycles. The molecule has 2 N–H and O–H groups in total. The Labute approximate surface area is 99.9 Å². The van der Waals surface area contributed by atoms with Gasteiger partial charge < -0.3 is 15.2 Å². The molecule has 0 aromatic rings. The van der Waals surface area contributed by atoms with Gasteiger partial charge in [-0.05, 0) is 6.92 Å². The first kappa shape index (κ1) is 15.2. The second kappa shape index (κ2) is 8.41. The lowest BCUT2D eigenvalue weighted by atomic mass is 10.2. The van der Waals surface area contributed by atoms with E-state index in [0.717, 1.165) is 0 Å². The van der Waals surface area contributed by atoms with Crippen LogP contribution in [0.1, 0.15) is 13.8 Å². The molecule has 94 valence electrons. The molecule has 0 aromatic heterocycles. The van der Waals surface area contributed by atoms with Gasteiger partial charge in [0.1, 0.15) is 0 Å². The Hall–Kier alpha value is -0.750. The van der Waals surface area contributed by atoms with Gasteiger partial charge >= 0.3 is 5.97 Å². The number of carbonyl (C=O) groups excluding carboxylic acids is 1. The van der Waals surface area contributed by atoms with Crippen molar-refractivity contribution in [3.05, 3.63) is 0 Å². The minimum atomic E-state index is -0.834. The van der Waals surface area contributed by atoms with Crippen molar-refractivity contribution in [2.75, 3.05) is 26.0 Å². The summed E-state index contributed by atoms with van der Waals surface area (Å²) in [5.41, 5.74) is 0. The molecule has 6 heteroatoms. The molecule has 16 heavy (non-hydrogen) atoms. The van der Waals surface area contributed by atoms with Crippen LogP contribution in [-0.2, 0) is 14.3 Å². The van der Waals surface area contributed by atoms with E-state index in [-0.39, 0.29) is 11.2 Å². The maximum atomic E-state index is 11.5. The summed E-state index contributed by atoms with van der Waals surface area (Å²) in [7, 11) is 1.57. The summed E-state index contributed by atoms with van der Waals surface area (Å²) < 4.78 is 4.80. The van der Waals surface area contributed by atoms with E-state index in [0.29, 0.717) is 18.9 Å². The Balaban J connectivity index is 3.74. The fourth-order valence-electron chi connectivity index (χ4n) is 0.856. The van der Waals surface area contributed by atoms with Crippen LogP contribution < -0.4 is 5.32 Å². The zero-order valence-electron chi connectivity index (χ0n) is 9.86. The number of carboxylic acids is 1. The molecule has 5 nitrogen and oxygen atoms in total. The number of hydrogen-bond acceptors (Lipinski definition) is 4. The second-order valence-electron chi connectivity index (χ2n) is 3.50. The normalized spacial score (nSPS) is 14.2. The van der Waals surface area contributed by atoms with E-state index >= 15 is 0 Å². The van der Waals surface area contributed by atoms with E-state index in [1.165, 1.54) is 11.8 Å². The van der Waals surface area contributed by atoms with Gasteiger partial charge in [-0.1, -0.05) is 6.92 Å². The van der Waals surface area contributed by atoms with Gasteiger partial charge in [0.25, 0.3) is 0 Å². The van der Waals surface area contributed by atoms with Crippen molar-refractivity contribution in [3.8, 4) is 0 Å². The van der Waals surface area contributed by atoms with Gasteiger partial charge in [0.15, 0.2) is 0 Å². The van der Waals surface area contributed by atoms with Crippen LogP contribution in [0.4, 0.5) is 0 Å². The molecular formula is C10H19NO4S. The zero-order chi connectivity index (χ0) is 12.6. The van der Waals surface area contributed by atoms with Crippen molar-refractivity contribution in [2.24, 2.45) is 5.92 Å².